The minimum absolute atomic E-state index is 0.868. The van der Waals surface area contributed by atoms with Crippen molar-refractivity contribution in [1.82, 2.24) is 20.4 Å². The van der Waals surface area contributed by atoms with E-state index >= 15 is 0 Å². The molecule has 0 saturated heterocycles. The van der Waals surface area contributed by atoms with Crippen molar-refractivity contribution in [1.29, 1.82) is 0 Å². The molecule has 0 unspecified atom stereocenters. The number of nitrogens with one attached hydrogen (secondary N) is 1. The maximum absolute atomic E-state index is 3.81. The molecule has 4 nitrogen and oxygen atoms in total. The van der Waals surface area contributed by atoms with Gasteiger partial charge in [0.25, 0.3) is 0 Å². The van der Waals surface area contributed by atoms with Gasteiger partial charge in [-0.25, -0.2) is 0 Å². The maximum atomic E-state index is 3.81. The smallest absolute Gasteiger partial charge is 0.114 e. The van der Waals surface area contributed by atoms with Crippen molar-refractivity contribution >= 4 is 11.0 Å². The number of hydrogen-bond acceptors (Lipinski definition) is 3. The molecule has 10 heavy (non-hydrogen) atoms. The molecular formula is C6H6N4. The Hall–Kier alpha value is -1.45. The third-order valence-corrected chi connectivity index (χ3v) is 1.43. The van der Waals surface area contributed by atoms with Crippen LogP contribution < -0.4 is 0 Å². The Morgan fingerprint density at radius 2 is 2.30 bits per heavy atom. The van der Waals surface area contributed by atoms with E-state index in [9.17, 15) is 0 Å². The summed E-state index contributed by atoms with van der Waals surface area (Å²) in [6.45, 7) is 1.90. The Bertz CT molecular complexity index is 351. The number of aromatic amines is 1. The second-order valence-electron chi connectivity index (χ2n) is 2.11. The normalized spacial score (nSPS) is 10.5. The van der Waals surface area contributed by atoms with Crippen molar-refractivity contribution < 1.29 is 0 Å². The van der Waals surface area contributed by atoms with E-state index in [-0.39, 0.29) is 0 Å². The monoisotopic (exact) mass is 134 g/mol. The van der Waals surface area contributed by atoms with Crippen molar-refractivity contribution in [2.45, 2.75) is 6.92 Å². The lowest BCUT2D eigenvalue weighted by molar-refractivity contribution is 0.869. The molecule has 2 aromatic rings. The van der Waals surface area contributed by atoms with Crippen molar-refractivity contribution in [3.8, 4) is 0 Å². The molecular weight excluding hydrogens is 128 g/mol. The SMILES string of the molecule is Cc1nnnc2cc[nH]c12. The first kappa shape index (κ1) is 5.34. The topological polar surface area (TPSA) is 54.5 Å². The Morgan fingerprint density at radius 1 is 1.40 bits per heavy atom. The van der Waals surface area contributed by atoms with Crippen LogP contribution in [-0.2, 0) is 0 Å². The van der Waals surface area contributed by atoms with Crippen molar-refractivity contribution in [3.05, 3.63) is 18.0 Å². The standard InChI is InChI=1S/C6H6N4/c1-4-6-5(2-3-7-6)9-10-8-4/h2-3,7H,1H3. The van der Waals surface area contributed by atoms with Crippen LogP contribution >= 0.6 is 0 Å². The summed E-state index contributed by atoms with van der Waals surface area (Å²) in [5.41, 5.74) is 2.72. The molecule has 0 aliphatic rings. The van der Waals surface area contributed by atoms with Gasteiger partial charge in [-0.3, -0.25) is 0 Å². The molecule has 2 rings (SSSR count). The van der Waals surface area contributed by atoms with E-state index in [0.717, 1.165) is 16.7 Å². The van der Waals surface area contributed by atoms with Crippen LogP contribution in [0.25, 0.3) is 11.0 Å². The molecule has 0 aromatic carbocycles. The summed E-state index contributed by atoms with van der Waals surface area (Å²) in [5.74, 6) is 0. The number of aryl methyl sites for hydroxylation is 1. The van der Waals surface area contributed by atoms with Gasteiger partial charge in [-0.05, 0) is 18.2 Å². The van der Waals surface area contributed by atoms with Gasteiger partial charge in [0.15, 0.2) is 0 Å². The minimum atomic E-state index is 0.868. The van der Waals surface area contributed by atoms with Gasteiger partial charge in [-0.2, -0.15) is 0 Å². The average Bonchev–Trinajstić information content (AvgIpc) is 2.36. The van der Waals surface area contributed by atoms with E-state index < -0.39 is 0 Å². The molecule has 2 heterocycles. The predicted octanol–water partition coefficient (Wildman–Crippen LogP) is 0.661. The summed E-state index contributed by atoms with van der Waals surface area (Å²) in [6, 6.07) is 1.87. The zero-order valence-electron chi connectivity index (χ0n) is 5.50. The van der Waals surface area contributed by atoms with Crippen LogP contribution in [0.5, 0.6) is 0 Å². The van der Waals surface area contributed by atoms with Gasteiger partial charge in [-0.15, -0.1) is 10.2 Å². The zero-order valence-corrected chi connectivity index (χ0v) is 5.50. The molecule has 0 spiro atoms. The van der Waals surface area contributed by atoms with Crippen LogP contribution in [0.4, 0.5) is 0 Å². The molecule has 0 fully saturated rings. The molecule has 1 N–H and O–H groups in total. The highest BCUT2D eigenvalue weighted by atomic mass is 15.3. The molecule has 0 bridgehead atoms. The van der Waals surface area contributed by atoms with E-state index in [0.29, 0.717) is 0 Å². The summed E-state index contributed by atoms with van der Waals surface area (Å²) < 4.78 is 0. The van der Waals surface area contributed by atoms with Crippen LogP contribution in [0.15, 0.2) is 12.3 Å². The van der Waals surface area contributed by atoms with Gasteiger partial charge < -0.3 is 4.98 Å². The van der Waals surface area contributed by atoms with E-state index in [1.165, 1.54) is 0 Å². The molecule has 0 aliphatic heterocycles. The number of aromatic nitrogens is 4. The molecule has 0 saturated carbocycles. The quantitative estimate of drug-likeness (QED) is 0.575. The second kappa shape index (κ2) is 1.76. The highest BCUT2D eigenvalue weighted by molar-refractivity contribution is 5.75. The Labute approximate surface area is 57.3 Å². The number of rotatable bonds is 0. The van der Waals surface area contributed by atoms with Gasteiger partial charge in [0.2, 0.25) is 0 Å². The van der Waals surface area contributed by atoms with Crippen molar-refractivity contribution in [3.63, 3.8) is 0 Å². The van der Waals surface area contributed by atoms with Gasteiger partial charge in [-0.1, -0.05) is 0 Å². The Kier molecular flexibility index (Phi) is 0.943. The maximum Gasteiger partial charge on any atom is 0.114 e. The number of fused-ring (bicyclic) bond motifs is 1. The van der Waals surface area contributed by atoms with E-state index in [4.69, 9.17) is 0 Å². The third kappa shape index (κ3) is 0.586. The Balaban J connectivity index is 2.95. The van der Waals surface area contributed by atoms with Gasteiger partial charge >= 0.3 is 0 Å². The van der Waals surface area contributed by atoms with Crippen molar-refractivity contribution in [2.75, 3.05) is 0 Å². The van der Waals surface area contributed by atoms with E-state index in [1.54, 1.807) is 0 Å². The van der Waals surface area contributed by atoms with Gasteiger partial charge in [0, 0.05) is 6.20 Å². The molecule has 0 amide bonds. The highest BCUT2D eigenvalue weighted by Gasteiger charge is 1.98. The summed E-state index contributed by atoms with van der Waals surface area (Å²) in [7, 11) is 0. The lowest BCUT2D eigenvalue weighted by Gasteiger charge is -1.88. The van der Waals surface area contributed by atoms with Crippen LogP contribution in [0.2, 0.25) is 0 Å². The first-order valence-corrected chi connectivity index (χ1v) is 3.01. The fourth-order valence-corrected chi connectivity index (χ4v) is 0.922. The summed E-state index contributed by atoms with van der Waals surface area (Å²) >= 11 is 0. The number of H-pyrrole nitrogens is 1. The molecule has 0 radical (unpaired) electrons. The van der Waals surface area contributed by atoms with Crippen LogP contribution in [0.3, 0.4) is 0 Å². The first-order chi connectivity index (χ1) is 4.88. The number of nitrogens with zero attached hydrogens (tertiary/aromatic N) is 3. The molecule has 0 aliphatic carbocycles. The third-order valence-electron chi connectivity index (χ3n) is 1.43. The first-order valence-electron chi connectivity index (χ1n) is 3.01. The lowest BCUT2D eigenvalue weighted by atomic mass is 10.4. The number of hydrogen-bond donors (Lipinski definition) is 1. The fourth-order valence-electron chi connectivity index (χ4n) is 0.922. The van der Waals surface area contributed by atoms with E-state index in [2.05, 4.69) is 20.4 Å². The average molecular weight is 134 g/mol. The lowest BCUT2D eigenvalue weighted by Crippen LogP contribution is -1.90. The van der Waals surface area contributed by atoms with Crippen molar-refractivity contribution in [2.24, 2.45) is 0 Å². The summed E-state index contributed by atoms with van der Waals surface area (Å²) in [5, 5.41) is 11.2. The van der Waals surface area contributed by atoms with Gasteiger partial charge in [0.05, 0.1) is 11.2 Å². The largest absolute Gasteiger partial charge is 0.358 e. The second-order valence-corrected chi connectivity index (χ2v) is 2.11. The molecule has 2 aromatic heterocycles. The predicted molar refractivity (Wildman–Crippen MR) is 36.4 cm³/mol. The zero-order chi connectivity index (χ0) is 6.97. The minimum Gasteiger partial charge on any atom is -0.358 e. The molecule has 50 valence electrons. The summed E-state index contributed by atoms with van der Waals surface area (Å²) in [6.07, 6.45) is 1.83. The summed E-state index contributed by atoms with van der Waals surface area (Å²) in [4.78, 5) is 3.02. The molecule has 0 atom stereocenters. The van der Waals surface area contributed by atoms with Crippen LogP contribution in [-0.4, -0.2) is 20.4 Å². The Morgan fingerprint density at radius 3 is 3.10 bits per heavy atom. The van der Waals surface area contributed by atoms with E-state index in [1.807, 2.05) is 19.2 Å². The highest BCUT2D eigenvalue weighted by Crippen LogP contribution is 2.08. The fraction of sp³-hybridized carbons (Fsp3) is 0.167. The van der Waals surface area contributed by atoms with Crippen LogP contribution in [0.1, 0.15) is 5.69 Å². The van der Waals surface area contributed by atoms with Gasteiger partial charge in [0.1, 0.15) is 5.52 Å². The molecule has 4 heteroatoms. The van der Waals surface area contributed by atoms with Crippen LogP contribution in [0, 0.1) is 6.92 Å².